The zero-order valence-corrected chi connectivity index (χ0v) is 16.2. The van der Waals surface area contributed by atoms with Crippen molar-refractivity contribution in [3.05, 3.63) is 79.9 Å². The maximum Gasteiger partial charge on any atom is 0.338 e. The Kier molecular flexibility index (Phi) is 7.98. The standard InChI is InChI=1S/C20H20N2O8/c1-2-3-4-18(30-20(24)15-7-11-17(12-8-15)22(27)28)13-29-19(23)14-5-9-16(10-6-14)21(25)26/h5-12,18H,2-4,13H2,1H3/t18-/m0/s1. The number of hydrogen-bond donors (Lipinski definition) is 0. The monoisotopic (exact) mass is 416 g/mol. The van der Waals surface area contributed by atoms with Gasteiger partial charge in [0, 0.05) is 24.3 Å². The van der Waals surface area contributed by atoms with Crippen LogP contribution >= 0.6 is 0 Å². The lowest BCUT2D eigenvalue weighted by molar-refractivity contribution is -0.385. The molecule has 0 heterocycles. The molecule has 0 aliphatic carbocycles. The summed E-state index contributed by atoms with van der Waals surface area (Å²) in [4.78, 5) is 44.7. The van der Waals surface area contributed by atoms with Crippen LogP contribution < -0.4 is 0 Å². The first-order valence-corrected chi connectivity index (χ1v) is 9.18. The summed E-state index contributed by atoms with van der Waals surface area (Å²) < 4.78 is 10.6. The predicted octanol–water partition coefficient (Wildman–Crippen LogP) is 4.08. The van der Waals surface area contributed by atoms with Gasteiger partial charge in [0.25, 0.3) is 11.4 Å². The molecule has 2 aromatic carbocycles. The van der Waals surface area contributed by atoms with Gasteiger partial charge in [0.2, 0.25) is 0 Å². The van der Waals surface area contributed by atoms with Gasteiger partial charge in [0.15, 0.2) is 0 Å². The molecule has 0 aliphatic heterocycles. The molecular weight excluding hydrogens is 396 g/mol. The van der Waals surface area contributed by atoms with Gasteiger partial charge in [-0.05, 0) is 37.1 Å². The van der Waals surface area contributed by atoms with Gasteiger partial charge in [-0.2, -0.15) is 0 Å². The molecule has 0 radical (unpaired) electrons. The van der Waals surface area contributed by atoms with Crippen molar-refractivity contribution in [3.63, 3.8) is 0 Å². The SMILES string of the molecule is CCCC[C@@H](COC(=O)c1ccc([N+](=O)[O-])cc1)OC(=O)c1ccc([N+](=O)[O-])cc1. The van der Waals surface area contributed by atoms with Gasteiger partial charge in [-0.15, -0.1) is 0 Å². The van der Waals surface area contributed by atoms with Gasteiger partial charge >= 0.3 is 11.9 Å². The van der Waals surface area contributed by atoms with Crippen molar-refractivity contribution in [2.45, 2.75) is 32.3 Å². The minimum Gasteiger partial charge on any atom is -0.458 e. The maximum atomic E-state index is 12.3. The van der Waals surface area contributed by atoms with E-state index in [2.05, 4.69) is 0 Å². The molecule has 10 heteroatoms. The first kappa shape index (κ1) is 22.5. The average molecular weight is 416 g/mol. The van der Waals surface area contributed by atoms with Crippen molar-refractivity contribution in [1.82, 2.24) is 0 Å². The second kappa shape index (κ2) is 10.6. The normalized spacial score (nSPS) is 11.4. The second-order valence-corrected chi connectivity index (χ2v) is 6.38. The van der Waals surface area contributed by atoms with Gasteiger partial charge in [-0.25, -0.2) is 9.59 Å². The third kappa shape index (κ3) is 6.36. The van der Waals surface area contributed by atoms with Gasteiger partial charge in [-0.3, -0.25) is 20.2 Å². The third-order valence-corrected chi connectivity index (χ3v) is 4.18. The topological polar surface area (TPSA) is 139 Å². The Balaban J connectivity index is 1.98. The molecule has 30 heavy (non-hydrogen) atoms. The largest absolute Gasteiger partial charge is 0.458 e. The molecule has 10 nitrogen and oxygen atoms in total. The summed E-state index contributed by atoms with van der Waals surface area (Å²) >= 11 is 0. The Hall–Kier alpha value is -3.82. The van der Waals surface area contributed by atoms with E-state index in [4.69, 9.17) is 9.47 Å². The fourth-order valence-corrected chi connectivity index (χ4v) is 2.52. The van der Waals surface area contributed by atoms with Crippen molar-refractivity contribution in [3.8, 4) is 0 Å². The van der Waals surface area contributed by atoms with E-state index in [9.17, 15) is 29.8 Å². The number of nitro benzene ring substituents is 2. The molecule has 0 unspecified atom stereocenters. The summed E-state index contributed by atoms with van der Waals surface area (Å²) in [5, 5.41) is 21.4. The van der Waals surface area contributed by atoms with E-state index in [0.29, 0.717) is 6.42 Å². The van der Waals surface area contributed by atoms with Crippen LogP contribution in [0.25, 0.3) is 0 Å². The molecule has 0 fully saturated rings. The predicted molar refractivity (Wildman–Crippen MR) is 105 cm³/mol. The van der Waals surface area contributed by atoms with Crippen LogP contribution in [0.2, 0.25) is 0 Å². The number of benzene rings is 2. The summed E-state index contributed by atoms with van der Waals surface area (Å²) in [6.07, 6.45) is 1.33. The van der Waals surface area contributed by atoms with E-state index in [-0.39, 0.29) is 29.1 Å². The summed E-state index contributed by atoms with van der Waals surface area (Å²) in [5.74, 6) is -1.38. The smallest absolute Gasteiger partial charge is 0.338 e. The molecule has 2 aromatic rings. The number of rotatable bonds is 10. The quantitative estimate of drug-likeness (QED) is 0.321. The van der Waals surface area contributed by atoms with Crippen molar-refractivity contribution >= 4 is 23.3 Å². The average Bonchev–Trinajstić information content (AvgIpc) is 2.75. The first-order valence-electron chi connectivity index (χ1n) is 9.18. The second-order valence-electron chi connectivity index (χ2n) is 6.38. The van der Waals surface area contributed by atoms with Crippen LogP contribution in [0.4, 0.5) is 11.4 Å². The Labute approximate surface area is 171 Å². The molecular formula is C20H20N2O8. The maximum absolute atomic E-state index is 12.3. The van der Waals surface area contributed by atoms with Crippen LogP contribution in [-0.4, -0.2) is 34.5 Å². The van der Waals surface area contributed by atoms with Crippen LogP contribution in [0, 0.1) is 20.2 Å². The Bertz CT molecular complexity index is 909. The summed E-state index contributed by atoms with van der Waals surface area (Å²) in [5.41, 5.74) is -0.0177. The fraction of sp³-hybridized carbons (Fsp3) is 0.300. The van der Waals surface area contributed by atoms with E-state index >= 15 is 0 Å². The molecule has 1 atom stereocenters. The molecule has 0 aromatic heterocycles. The zero-order valence-electron chi connectivity index (χ0n) is 16.2. The molecule has 0 aliphatic rings. The first-order chi connectivity index (χ1) is 14.3. The van der Waals surface area contributed by atoms with Crippen molar-refractivity contribution in [2.24, 2.45) is 0 Å². The number of esters is 2. The molecule has 2 rings (SSSR count). The van der Waals surface area contributed by atoms with E-state index in [1.54, 1.807) is 0 Å². The number of nitrogens with zero attached hydrogens (tertiary/aromatic N) is 2. The van der Waals surface area contributed by atoms with Crippen LogP contribution in [0.15, 0.2) is 48.5 Å². The number of hydrogen-bond acceptors (Lipinski definition) is 8. The van der Waals surface area contributed by atoms with Gasteiger partial charge in [0.05, 0.1) is 21.0 Å². The molecule has 0 amide bonds. The summed E-state index contributed by atoms with van der Waals surface area (Å²) in [6.45, 7) is 1.77. The van der Waals surface area contributed by atoms with Gasteiger partial charge in [0.1, 0.15) is 12.7 Å². The van der Waals surface area contributed by atoms with Crippen LogP contribution in [0.1, 0.15) is 46.9 Å². The fourth-order valence-electron chi connectivity index (χ4n) is 2.52. The summed E-state index contributed by atoms with van der Waals surface area (Å²) in [6, 6.07) is 9.94. The van der Waals surface area contributed by atoms with Crippen LogP contribution in [0.3, 0.4) is 0 Å². The number of carbonyl (C=O) groups is 2. The van der Waals surface area contributed by atoms with Crippen LogP contribution in [0.5, 0.6) is 0 Å². The molecule has 0 saturated heterocycles. The lowest BCUT2D eigenvalue weighted by Crippen LogP contribution is -2.25. The van der Waals surface area contributed by atoms with Crippen molar-refractivity contribution in [2.75, 3.05) is 6.61 Å². The number of nitro groups is 2. The highest BCUT2D eigenvalue weighted by molar-refractivity contribution is 5.90. The number of ether oxygens (including phenoxy) is 2. The number of carbonyl (C=O) groups excluding carboxylic acids is 2. The van der Waals surface area contributed by atoms with Crippen molar-refractivity contribution in [1.29, 1.82) is 0 Å². The number of unbranched alkanes of at least 4 members (excludes halogenated alkanes) is 1. The Morgan fingerprint density at radius 2 is 1.33 bits per heavy atom. The molecule has 0 bridgehead atoms. The Morgan fingerprint density at radius 3 is 1.77 bits per heavy atom. The van der Waals surface area contributed by atoms with Crippen LogP contribution in [-0.2, 0) is 9.47 Å². The third-order valence-electron chi connectivity index (χ3n) is 4.18. The van der Waals surface area contributed by atoms with E-state index in [0.717, 1.165) is 12.8 Å². The minimum atomic E-state index is -0.699. The highest BCUT2D eigenvalue weighted by Crippen LogP contribution is 2.16. The molecule has 158 valence electrons. The van der Waals surface area contributed by atoms with E-state index < -0.39 is 27.9 Å². The zero-order chi connectivity index (χ0) is 22.1. The van der Waals surface area contributed by atoms with E-state index in [1.807, 2.05) is 6.92 Å². The molecule has 0 saturated carbocycles. The Morgan fingerprint density at radius 1 is 0.867 bits per heavy atom. The lowest BCUT2D eigenvalue weighted by atomic mass is 10.1. The minimum absolute atomic E-state index is 0.136. The molecule has 0 spiro atoms. The summed E-state index contributed by atoms with van der Waals surface area (Å²) in [7, 11) is 0. The highest BCUT2D eigenvalue weighted by Gasteiger charge is 2.19. The van der Waals surface area contributed by atoms with E-state index in [1.165, 1.54) is 48.5 Å². The number of non-ortho nitro benzene ring substituents is 2. The van der Waals surface area contributed by atoms with Crippen molar-refractivity contribution < 1.29 is 28.9 Å². The highest BCUT2D eigenvalue weighted by atomic mass is 16.6. The van der Waals surface area contributed by atoms with Gasteiger partial charge < -0.3 is 9.47 Å². The van der Waals surface area contributed by atoms with Gasteiger partial charge in [-0.1, -0.05) is 13.3 Å². The molecule has 0 N–H and O–H groups in total. The lowest BCUT2D eigenvalue weighted by Gasteiger charge is -2.18.